The molecule has 1 heterocycles. The van der Waals surface area contributed by atoms with Crippen molar-refractivity contribution in [3.8, 4) is 5.75 Å². The zero-order valence-electron chi connectivity index (χ0n) is 13.9. The maximum atomic E-state index is 10.3. The summed E-state index contributed by atoms with van der Waals surface area (Å²) < 4.78 is 0. The molecule has 1 atom stereocenters. The summed E-state index contributed by atoms with van der Waals surface area (Å²) in [4.78, 5) is 4.23. The number of hydrogen-bond acceptors (Lipinski definition) is 5. The zero-order valence-corrected chi connectivity index (χ0v) is 13.9. The van der Waals surface area contributed by atoms with Gasteiger partial charge in [-0.1, -0.05) is 12.1 Å². The molecular weight excluding hydrogens is 290 g/mol. The fourth-order valence-electron chi connectivity index (χ4n) is 2.11. The first kappa shape index (κ1) is 17.2. The van der Waals surface area contributed by atoms with Crippen LogP contribution in [0.4, 0.5) is 5.69 Å². The Hall–Kier alpha value is -2.11. The van der Waals surface area contributed by atoms with Gasteiger partial charge in [-0.3, -0.25) is 4.98 Å². The Morgan fingerprint density at radius 1 is 1.17 bits per heavy atom. The molecule has 0 bridgehead atoms. The minimum absolute atomic E-state index is 0.0576. The predicted octanol–water partition coefficient (Wildman–Crippen LogP) is 2.82. The monoisotopic (exact) mass is 315 g/mol. The van der Waals surface area contributed by atoms with Crippen LogP contribution in [0.25, 0.3) is 0 Å². The molecule has 1 aromatic heterocycles. The SMILES string of the molecule is CC(C)(C)NCC(O)c1ccc(O)c(NCc2ccccn2)c1. The quantitative estimate of drug-likeness (QED) is 0.617. The van der Waals surface area contributed by atoms with Gasteiger partial charge in [0, 0.05) is 18.3 Å². The highest BCUT2D eigenvalue weighted by atomic mass is 16.3. The molecule has 5 nitrogen and oxygen atoms in total. The van der Waals surface area contributed by atoms with E-state index in [9.17, 15) is 10.2 Å². The highest BCUT2D eigenvalue weighted by molar-refractivity contribution is 5.57. The molecule has 124 valence electrons. The summed E-state index contributed by atoms with van der Waals surface area (Å²) in [5.74, 6) is 0.153. The number of phenols is 1. The van der Waals surface area contributed by atoms with Gasteiger partial charge in [0.25, 0.3) is 0 Å². The molecule has 0 fully saturated rings. The number of rotatable bonds is 6. The lowest BCUT2D eigenvalue weighted by Gasteiger charge is -2.23. The number of anilines is 1. The first-order valence-electron chi connectivity index (χ1n) is 7.75. The van der Waals surface area contributed by atoms with E-state index < -0.39 is 6.10 Å². The number of aliphatic hydroxyl groups excluding tert-OH is 1. The molecule has 1 unspecified atom stereocenters. The molecule has 0 amide bonds. The van der Waals surface area contributed by atoms with E-state index in [4.69, 9.17) is 0 Å². The van der Waals surface area contributed by atoms with Crippen molar-refractivity contribution in [3.05, 3.63) is 53.9 Å². The van der Waals surface area contributed by atoms with E-state index in [-0.39, 0.29) is 11.3 Å². The number of nitrogens with zero attached hydrogens (tertiary/aromatic N) is 1. The summed E-state index contributed by atoms with van der Waals surface area (Å²) in [6.45, 7) is 7.12. The molecule has 0 saturated carbocycles. The number of hydrogen-bond donors (Lipinski definition) is 4. The van der Waals surface area contributed by atoms with Crippen molar-refractivity contribution in [2.24, 2.45) is 0 Å². The van der Waals surface area contributed by atoms with E-state index in [0.29, 0.717) is 18.8 Å². The molecule has 0 aliphatic carbocycles. The van der Waals surface area contributed by atoms with E-state index in [1.54, 1.807) is 24.4 Å². The summed E-state index contributed by atoms with van der Waals surface area (Å²) in [7, 11) is 0. The molecular formula is C18H25N3O2. The molecule has 2 rings (SSSR count). The van der Waals surface area contributed by atoms with Crippen molar-refractivity contribution in [1.82, 2.24) is 10.3 Å². The van der Waals surface area contributed by atoms with Crippen LogP contribution < -0.4 is 10.6 Å². The smallest absolute Gasteiger partial charge is 0.138 e. The van der Waals surface area contributed by atoms with Gasteiger partial charge in [-0.05, 0) is 50.6 Å². The third-order valence-electron chi connectivity index (χ3n) is 3.42. The lowest BCUT2D eigenvalue weighted by molar-refractivity contribution is 0.163. The van der Waals surface area contributed by atoms with E-state index in [0.717, 1.165) is 11.3 Å². The molecule has 0 aliphatic heterocycles. The maximum absolute atomic E-state index is 10.3. The van der Waals surface area contributed by atoms with Gasteiger partial charge in [0.1, 0.15) is 5.75 Å². The lowest BCUT2D eigenvalue weighted by Crippen LogP contribution is -2.38. The normalized spacial score (nSPS) is 12.9. The van der Waals surface area contributed by atoms with Crippen LogP contribution in [0.3, 0.4) is 0 Å². The summed E-state index contributed by atoms with van der Waals surface area (Å²) >= 11 is 0. The lowest BCUT2D eigenvalue weighted by atomic mass is 10.1. The number of pyridine rings is 1. The van der Waals surface area contributed by atoms with Crippen LogP contribution >= 0.6 is 0 Å². The fourth-order valence-corrected chi connectivity index (χ4v) is 2.11. The highest BCUT2D eigenvalue weighted by Gasteiger charge is 2.15. The van der Waals surface area contributed by atoms with Crippen molar-refractivity contribution < 1.29 is 10.2 Å². The Labute approximate surface area is 137 Å². The molecule has 0 saturated heterocycles. The molecule has 5 heteroatoms. The van der Waals surface area contributed by atoms with Crippen LogP contribution in [0.15, 0.2) is 42.6 Å². The third-order valence-corrected chi connectivity index (χ3v) is 3.42. The van der Waals surface area contributed by atoms with Crippen molar-refractivity contribution in [1.29, 1.82) is 0 Å². The number of phenolic OH excluding ortho intramolecular Hbond substituents is 1. The second-order valence-electron chi connectivity index (χ2n) is 6.60. The molecule has 0 radical (unpaired) electrons. The minimum Gasteiger partial charge on any atom is -0.506 e. The van der Waals surface area contributed by atoms with Gasteiger partial charge in [-0.2, -0.15) is 0 Å². The average Bonchev–Trinajstić information content (AvgIpc) is 2.52. The number of nitrogens with one attached hydrogen (secondary N) is 2. The van der Waals surface area contributed by atoms with Crippen LogP contribution in [-0.2, 0) is 6.54 Å². The first-order valence-corrected chi connectivity index (χ1v) is 7.75. The number of aromatic nitrogens is 1. The van der Waals surface area contributed by atoms with Crippen molar-refractivity contribution in [2.75, 3.05) is 11.9 Å². The second kappa shape index (κ2) is 7.44. The Balaban J connectivity index is 2.03. The highest BCUT2D eigenvalue weighted by Crippen LogP contribution is 2.27. The number of aromatic hydroxyl groups is 1. The Morgan fingerprint density at radius 2 is 1.96 bits per heavy atom. The van der Waals surface area contributed by atoms with Gasteiger partial charge in [0.15, 0.2) is 0 Å². The second-order valence-corrected chi connectivity index (χ2v) is 6.60. The summed E-state index contributed by atoms with van der Waals surface area (Å²) in [6.07, 6.45) is 1.10. The van der Waals surface area contributed by atoms with E-state index in [1.165, 1.54) is 0 Å². The Kier molecular flexibility index (Phi) is 5.58. The molecule has 0 aliphatic rings. The number of benzene rings is 1. The van der Waals surface area contributed by atoms with E-state index >= 15 is 0 Å². The largest absolute Gasteiger partial charge is 0.506 e. The van der Waals surface area contributed by atoms with Gasteiger partial charge in [0.2, 0.25) is 0 Å². The summed E-state index contributed by atoms with van der Waals surface area (Å²) in [6, 6.07) is 10.8. The average molecular weight is 315 g/mol. The zero-order chi connectivity index (χ0) is 16.9. The third kappa shape index (κ3) is 5.54. The van der Waals surface area contributed by atoms with Gasteiger partial charge < -0.3 is 20.8 Å². The van der Waals surface area contributed by atoms with Crippen LogP contribution in [0.1, 0.15) is 38.1 Å². The number of β-amino-alcohol motifs (C(OH)–C–C–N with tert-alkyl or cyclic N) is 1. The van der Waals surface area contributed by atoms with Gasteiger partial charge in [-0.15, -0.1) is 0 Å². The first-order chi connectivity index (χ1) is 10.8. The van der Waals surface area contributed by atoms with Gasteiger partial charge in [0.05, 0.1) is 24.0 Å². The Morgan fingerprint density at radius 3 is 2.61 bits per heavy atom. The van der Waals surface area contributed by atoms with E-state index in [2.05, 4.69) is 36.4 Å². The predicted molar refractivity (Wildman–Crippen MR) is 92.4 cm³/mol. The summed E-state index contributed by atoms with van der Waals surface area (Å²) in [5, 5.41) is 26.7. The molecule has 4 N–H and O–H groups in total. The van der Waals surface area contributed by atoms with Crippen LogP contribution in [0.5, 0.6) is 5.75 Å². The minimum atomic E-state index is -0.634. The standard InChI is InChI=1S/C18H25N3O2/c1-18(2,3)21-12-17(23)13-7-8-16(22)15(10-13)20-11-14-6-4-5-9-19-14/h4-10,17,20-23H,11-12H2,1-3H3. The van der Waals surface area contributed by atoms with Crippen molar-refractivity contribution in [2.45, 2.75) is 39.0 Å². The van der Waals surface area contributed by atoms with Crippen molar-refractivity contribution in [3.63, 3.8) is 0 Å². The molecule has 0 spiro atoms. The molecule has 1 aromatic carbocycles. The topological polar surface area (TPSA) is 77.4 Å². The van der Waals surface area contributed by atoms with E-state index in [1.807, 2.05) is 18.2 Å². The molecule has 2 aromatic rings. The maximum Gasteiger partial charge on any atom is 0.138 e. The number of aliphatic hydroxyl groups is 1. The van der Waals surface area contributed by atoms with Crippen LogP contribution in [0, 0.1) is 0 Å². The molecule has 23 heavy (non-hydrogen) atoms. The fraction of sp³-hybridized carbons (Fsp3) is 0.389. The Bertz CT molecular complexity index is 624. The summed E-state index contributed by atoms with van der Waals surface area (Å²) in [5.41, 5.74) is 2.16. The van der Waals surface area contributed by atoms with Crippen LogP contribution in [-0.4, -0.2) is 27.3 Å². The van der Waals surface area contributed by atoms with Crippen molar-refractivity contribution >= 4 is 5.69 Å². The van der Waals surface area contributed by atoms with Gasteiger partial charge in [-0.25, -0.2) is 0 Å². The van der Waals surface area contributed by atoms with Gasteiger partial charge >= 0.3 is 0 Å². The van der Waals surface area contributed by atoms with Crippen LogP contribution in [0.2, 0.25) is 0 Å².